The van der Waals surface area contributed by atoms with Gasteiger partial charge >= 0.3 is 0 Å². The van der Waals surface area contributed by atoms with E-state index < -0.39 is 0 Å². The Morgan fingerprint density at radius 1 is 1.28 bits per heavy atom. The minimum absolute atomic E-state index is 0.237. The number of hydrogen-bond donors (Lipinski definition) is 1. The predicted molar refractivity (Wildman–Crippen MR) is 98.9 cm³/mol. The largest absolute Gasteiger partial charge is 0.463 e. The van der Waals surface area contributed by atoms with Crippen LogP contribution in [0.15, 0.2) is 41.0 Å². The van der Waals surface area contributed by atoms with Crippen molar-refractivity contribution in [2.45, 2.75) is 19.4 Å². The molecule has 0 saturated carbocycles. The van der Waals surface area contributed by atoms with Crippen LogP contribution in [0.2, 0.25) is 0 Å². The minimum Gasteiger partial charge on any atom is -0.463 e. The summed E-state index contributed by atoms with van der Waals surface area (Å²) in [5.41, 5.74) is 7.92. The van der Waals surface area contributed by atoms with Crippen molar-refractivity contribution in [2.75, 3.05) is 18.8 Å². The monoisotopic (exact) mass is 350 g/mol. The van der Waals surface area contributed by atoms with E-state index >= 15 is 0 Å². The Kier molecular flexibility index (Phi) is 4.26. The van der Waals surface area contributed by atoms with Crippen LogP contribution in [-0.2, 0) is 6.54 Å². The van der Waals surface area contributed by atoms with Gasteiger partial charge in [0, 0.05) is 21.9 Å². The van der Waals surface area contributed by atoms with Gasteiger partial charge in [-0.15, -0.1) is 11.3 Å². The van der Waals surface area contributed by atoms with E-state index in [2.05, 4.69) is 28.1 Å². The second kappa shape index (κ2) is 6.71. The molecule has 2 N–H and O–H groups in total. The Hall–Kier alpha value is -2.62. The number of pyridine rings is 1. The van der Waals surface area contributed by atoms with Crippen molar-refractivity contribution < 1.29 is 4.42 Å². The molecular formula is C19H18N4OS. The zero-order valence-electron chi connectivity index (χ0n) is 13.7. The molecule has 0 bridgehead atoms. The molecule has 6 heteroatoms. The molecule has 0 spiro atoms. The van der Waals surface area contributed by atoms with Gasteiger partial charge < -0.3 is 10.2 Å². The van der Waals surface area contributed by atoms with Crippen LogP contribution in [0.3, 0.4) is 0 Å². The van der Waals surface area contributed by atoms with E-state index in [-0.39, 0.29) is 5.82 Å². The van der Waals surface area contributed by atoms with Crippen LogP contribution in [0.4, 0.5) is 5.82 Å². The van der Waals surface area contributed by atoms with E-state index in [1.165, 1.54) is 30.8 Å². The van der Waals surface area contributed by atoms with Crippen molar-refractivity contribution in [1.29, 1.82) is 5.26 Å². The van der Waals surface area contributed by atoms with E-state index in [1.54, 1.807) is 17.6 Å². The average Bonchev–Trinajstić information content (AvgIpc) is 3.37. The summed E-state index contributed by atoms with van der Waals surface area (Å²) in [5.74, 6) is 0.882. The molecule has 5 nitrogen and oxygen atoms in total. The van der Waals surface area contributed by atoms with E-state index in [9.17, 15) is 5.26 Å². The number of nitrogens with two attached hydrogens (primary N) is 1. The van der Waals surface area contributed by atoms with E-state index in [1.807, 2.05) is 18.2 Å². The van der Waals surface area contributed by atoms with Crippen molar-refractivity contribution in [3.05, 3.63) is 47.0 Å². The summed E-state index contributed by atoms with van der Waals surface area (Å²) in [4.78, 5) is 9.13. The maximum Gasteiger partial charge on any atom is 0.152 e. The van der Waals surface area contributed by atoms with E-state index in [0.717, 1.165) is 17.0 Å². The number of thiophene rings is 1. The van der Waals surface area contributed by atoms with Crippen molar-refractivity contribution in [3.63, 3.8) is 0 Å². The zero-order chi connectivity index (χ0) is 17.2. The Balaban J connectivity index is 1.71. The van der Waals surface area contributed by atoms with Crippen LogP contribution in [0.1, 0.15) is 23.3 Å². The molecule has 0 atom stereocenters. The summed E-state index contributed by atoms with van der Waals surface area (Å²) in [6, 6.07) is 11.9. The van der Waals surface area contributed by atoms with Gasteiger partial charge in [-0.05, 0) is 56.3 Å². The van der Waals surface area contributed by atoms with Gasteiger partial charge in [0.1, 0.15) is 23.1 Å². The first-order valence-electron chi connectivity index (χ1n) is 8.30. The Morgan fingerprint density at radius 2 is 2.12 bits per heavy atom. The van der Waals surface area contributed by atoms with Gasteiger partial charge in [-0.25, -0.2) is 4.98 Å². The number of anilines is 1. The quantitative estimate of drug-likeness (QED) is 0.765. The molecule has 1 aliphatic heterocycles. The SMILES string of the molecule is N#Cc1c(-c2ccc(CN3CCCC3)s2)cc(-c2ccco2)nc1N. The summed E-state index contributed by atoms with van der Waals surface area (Å²) in [5, 5.41) is 9.52. The first-order valence-corrected chi connectivity index (χ1v) is 9.12. The fourth-order valence-electron chi connectivity index (χ4n) is 3.20. The average molecular weight is 350 g/mol. The molecule has 3 aromatic rings. The third-order valence-electron chi connectivity index (χ3n) is 4.44. The molecule has 4 rings (SSSR count). The highest BCUT2D eigenvalue weighted by Crippen LogP contribution is 2.35. The van der Waals surface area contributed by atoms with Crippen LogP contribution in [0.25, 0.3) is 21.9 Å². The van der Waals surface area contributed by atoms with Crippen LogP contribution < -0.4 is 5.73 Å². The number of nitrogen functional groups attached to an aromatic ring is 1. The molecule has 4 heterocycles. The third-order valence-corrected chi connectivity index (χ3v) is 5.54. The summed E-state index contributed by atoms with van der Waals surface area (Å²) in [7, 11) is 0. The lowest BCUT2D eigenvalue weighted by Gasteiger charge is -2.12. The van der Waals surface area contributed by atoms with Gasteiger partial charge in [-0.3, -0.25) is 4.90 Å². The van der Waals surface area contributed by atoms with Crippen LogP contribution >= 0.6 is 11.3 Å². The van der Waals surface area contributed by atoms with Crippen LogP contribution in [0, 0.1) is 11.3 Å². The second-order valence-electron chi connectivity index (χ2n) is 6.15. The number of aromatic nitrogens is 1. The lowest BCUT2D eigenvalue weighted by molar-refractivity contribution is 0.334. The summed E-state index contributed by atoms with van der Waals surface area (Å²) in [6.07, 6.45) is 4.17. The van der Waals surface area contributed by atoms with Crippen LogP contribution in [-0.4, -0.2) is 23.0 Å². The topological polar surface area (TPSA) is 79.1 Å². The van der Waals surface area contributed by atoms with Crippen LogP contribution in [0.5, 0.6) is 0 Å². The molecule has 0 radical (unpaired) electrons. The fraction of sp³-hybridized carbons (Fsp3) is 0.263. The molecule has 0 aliphatic carbocycles. The standard InChI is InChI=1S/C19H18N4OS/c20-11-15-14(10-16(22-19(15)21)17-4-3-9-24-17)18-6-5-13(25-18)12-23-7-1-2-8-23/h3-6,9-10H,1-2,7-8,12H2,(H2,21,22). The molecule has 1 aliphatic rings. The number of rotatable bonds is 4. The first-order chi connectivity index (χ1) is 12.2. The van der Waals surface area contributed by atoms with E-state index in [4.69, 9.17) is 10.2 Å². The van der Waals surface area contributed by atoms with Gasteiger partial charge in [-0.2, -0.15) is 5.26 Å². The number of hydrogen-bond acceptors (Lipinski definition) is 6. The normalized spacial score (nSPS) is 14.7. The van der Waals surface area contributed by atoms with E-state index in [0.29, 0.717) is 17.0 Å². The summed E-state index contributed by atoms with van der Waals surface area (Å²) >= 11 is 1.71. The molecule has 1 saturated heterocycles. The Morgan fingerprint density at radius 3 is 2.84 bits per heavy atom. The first kappa shape index (κ1) is 15.9. The highest BCUT2D eigenvalue weighted by molar-refractivity contribution is 7.15. The molecule has 126 valence electrons. The zero-order valence-corrected chi connectivity index (χ0v) is 14.6. The number of likely N-dealkylation sites (tertiary alicyclic amines) is 1. The highest BCUT2D eigenvalue weighted by atomic mass is 32.1. The Labute approximate surface area is 150 Å². The smallest absolute Gasteiger partial charge is 0.152 e. The molecule has 0 amide bonds. The van der Waals surface area contributed by atoms with Crippen molar-refractivity contribution in [1.82, 2.24) is 9.88 Å². The van der Waals surface area contributed by atoms with Crippen molar-refractivity contribution >= 4 is 17.2 Å². The number of nitriles is 1. The Bertz CT molecular complexity index is 918. The second-order valence-corrected chi connectivity index (χ2v) is 7.32. The van der Waals surface area contributed by atoms with Gasteiger partial charge in [-0.1, -0.05) is 0 Å². The summed E-state index contributed by atoms with van der Waals surface area (Å²) in [6.45, 7) is 3.31. The van der Waals surface area contributed by atoms with Crippen molar-refractivity contribution in [3.8, 4) is 28.0 Å². The maximum atomic E-state index is 9.52. The maximum absolute atomic E-state index is 9.52. The highest BCUT2D eigenvalue weighted by Gasteiger charge is 2.17. The molecule has 3 aromatic heterocycles. The van der Waals surface area contributed by atoms with Gasteiger partial charge in [0.25, 0.3) is 0 Å². The lowest BCUT2D eigenvalue weighted by atomic mass is 10.1. The molecule has 1 fully saturated rings. The lowest BCUT2D eigenvalue weighted by Crippen LogP contribution is -2.17. The van der Waals surface area contributed by atoms with Gasteiger partial charge in [0.2, 0.25) is 0 Å². The molecule has 0 unspecified atom stereocenters. The minimum atomic E-state index is 0.237. The third kappa shape index (κ3) is 3.16. The predicted octanol–water partition coefficient (Wildman–Crippen LogP) is 4.12. The molecule has 25 heavy (non-hydrogen) atoms. The fourth-order valence-corrected chi connectivity index (χ4v) is 4.27. The van der Waals surface area contributed by atoms with Gasteiger partial charge in [0.15, 0.2) is 5.76 Å². The molecular weight excluding hydrogens is 332 g/mol. The molecule has 0 aromatic carbocycles. The van der Waals surface area contributed by atoms with Crippen molar-refractivity contribution in [2.24, 2.45) is 0 Å². The number of nitrogens with zero attached hydrogens (tertiary/aromatic N) is 3. The van der Waals surface area contributed by atoms with Gasteiger partial charge in [0.05, 0.1) is 6.26 Å². The number of furan rings is 1. The summed E-state index contributed by atoms with van der Waals surface area (Å²) < 4.78 is 5.43.